The fourth-order valence-corrected chi connectivity index (χ4v) is 3.19. The van der Waals surface area contributed by atoms with E-state index in [1.165, 1.54) is 0 Å². The van der Waals surface area contributed by atoms with Gasteiger partial charge in [-0.15, -0.1) is 0 Å². The van der Waals surface area contributed by atoms with Gasteiger partial charge in [0.15, 0.2) is 0 Å². The molecule has 134 valence electrons. The molecule has 0 saturated carbocycles. The van der Waals surface area contributed by atoms with Gasteiger partial charge in [-0.25, -0.2) is 9.97 Å². The van der Waals surface area contributed by atoms with Crippen molar-refractivity contribution < 1.29 is 5.11 Å². The number of hydrogen-bond donors (Lipinski definition) is 1. The average Bonchev–Trinajstić information content (AvgIpc) is 2.73. The fourth-order valence-electron chi connectivity index (χ4n) is 3.19. The molecule has 3 aromatic carbocycles. The van der Waals surface area contributed by atoms with Gasteiger partial charge < -0.3 is 5.11 Å². The van der Waals surface area contributed by atoms with Crippen LogP contribution in [0.4, 0.5) is 0 Å². The molecule has 0 amide bonds. The molecule has 0 unspecified atom stereocenters. The number of nitrogens with zero attached hydrogens (tertiary/aromatic N) is 2. The second-order valence-corrected chi connectivity index (χ2v) is 6.98. The second-order valence-electron chi connectivity index (χ2n) is 6.98. The van der Waals surface area contributed by atoms with E-state index in [1.807, 2.05) is 80.6 Å². The summed E-state index contributed by atoms with van der Waals surface area (Å²) in [5, 5.41) is 10.6. The van der Waals surface area contributed by atoms with Crippen LogP contribution in [-0.4, -0.2) is 15.1 Å². The number of benzene rings is 3. The summed E-state index contributed by atoms with van der Waals surface area (Å²) in [6.45, 7) is 3.81. The van der Waals surface area contributed by atoms with Gasteiger partial charge in [0.25, 0.3) is 0 Å². The molecule has 4 aromatic rings. The van der Waals surface area contributed by atoms with Crippen molar-refractivity contribution in [1.82, 2.24) is 9.97 Å². The van der Waals surface area contributed by atoms with Gasteiger partial charge in [0.05, 0.1) is 28.0 Å². The largest absolute Gasteiger partial charge is 0.385 e. The maximum Gasteiger partial charge on any atom is 0.0973 e. The fraction of sp³-hybridized carbons (Fsp3) is 0.167. The first-order chi connectivity index (χ1) is 13.1. The smallest absolute Gasteiger partial charge is 0.0973 e. The molecule has 1 aromatic heterocycles. The Bertz CT molecular complexity index is 1070. The third-order valence-corrected chi connectivity index (χ3v) is 5.07. The highest BCUT2D eigenvalue weighted by molar-refractivity contribution is 5.86. The number of aliphatic hydroxyl groups is 1. The van der Waals surface area contributed by atoms with Crippen molar-refractivity contribution >= 4 is 11.0 Å². The average molecular weight is 354 g/mol. The number of hydrogen-bond acceptors (Lipinski definition) is 3. The lowest BCUT2D eigenvalue weighted by molar-refractivity contribution is 0.0532. The third-order valence-electron chi connectivity index (χ3n) is 5.07. The molecule has 0 bridgehead atoms. The molecule has 1 heterocycles. The minimum atomic E-state index is -0.874. The van der Waals surface area contributed by atoms with E-state index in [-0.39, 0.29) is 0 Å². The van der Waals surface area contributed by atoms with Crippen LogP contribution in [0.3, 0.4) is 0 Å². The van der Waals surface area contributed by atoms with E-state index >= 15 is 0 Å². The second kappa shape index (κ2) is 6.93. The van der Waals surface area contributed by atoms with Crippen LogP contribution in [0.5, 0.6) is 0 Å². The van der Waals surface area contributed by atoms with Gasteiger partial charge in [0, 0.05) is 11.1 Å². The van der Waals surface area contributed by atoms with Crippen LogP contribution in [0.25, 0.3) is 33.5 Å². The van der Waals surface area contributed by atoms with E-state index in [4.69, 9.17) is 9.97 Å². The summed E-state index contributed by atoms with van der Waals surface area (Å²) in [4.78, 5) is 9.88. The molecule has 27 heavy (non-hydrogen) atoms. The molecule has 3 nitrogen and oxygen atoms in total. The van der Waals surface area contributed by atoms with E-state index in [2.05, 4.69) is 12.1 Å². The zero-order valence-electron chi connectivity index (χ0n) is 15.6. The van der Waals surface area contributed by atoms with Crippen molar-refractivity contribution in [2.45, 2.75) is 25.9 Å². The molecule has 4 rings (SSSR count). The molecule has 1 N–H and O–H groups in total. The number of fused-ring (bicyclic) bond motifs is 1. The van der Waals surface area contributed by atoms with E-state index in [0.717, 1.165) is 39.1 Å². The lowest BCUT2D eigenvalue weighted by atomic mass is 9.93. The molecule has 1 atom stereocenters. The van der Waals surface area contributed by atoms with Gasteiger partial charge >= 0.3 is 0 Å². The minimum absolute atomic E-state index is 0.638. The van der Waals surface area contributed by atoms with Crippen LogP contribution < -0.4 is 0 Å². The van der Waals surface area contributed by atoms with Crippen molar-refractivity contribution in [2.75, 3.05) is 0 Å². The lowest BCUT2D eigenvalue weighted by Crippen LogP contribution is -2.19. The number of aromatic nitrogens is 2. The first-order valence-electron chi connectivity index (χ1n) is 9.24. The van der Waals surface area contributed by atoms with Crippen LogP contribution in [0, 0.1) is 0 Å². The topological polar surface area (TPSA) is 46.0 Å². The normalized spacial score (nSPS) is 13.4. The first kappa shape index (κ1) is 17.4. The minimum Gasteiger partial charge on any atom is -0.385 e. The first-order valence-corrected chi connectivity index (χ1v) is 9.24. The van der Waals surface area contributed by atoms with Gasteiger partial charge in [-0.05, 0) is 31.0 Å². The predicted molar refractivity (Wildman–Crippen MR) is 110 cm³/mol. The Morgan fingerprint density at radius 3 is 1.78 bits per heavy atom. The van der Waals surface area contributed by atoms with Crippen molar-refractivity contribution in [3.8, 4) is 22.5 Å². The SMILES string of the molecule is CC[C@](C)(O)c1ccc2nc(-c3ccccc3)c(-c3ccccc3)nc2c1. The highest BCUT2D eigenvalue weighted by atomic mass is 16.3. The van der Waals surface area contributed by atoms with Crippen LogP contribution in [0.1, 0.15) is 25.8 Å². The van der Waals surface area contributed by atoms with Crippen molar-refractivity contribution in [1.29, 1.82) is 0 Å². The van der Waals surface area contributed by atoms with Gasteiger partial charge in [-0.2, -0.15) is 0 Å². The van der Waals surface area contributed by atoms with Gasteiger partial charge in [-0.1, -0.05) is 73.7 Å². The molecular formula is C24H22N2O. The standard InChI is InChI=1S/C24H22N2O/c1-3-24(2,27)19-14-15-20-21(16-19)26-23(18-12-8-5-9-13-18)22(25-20)17-10-6-4-7-11-17/h4-16,27H,3H2,1-2H3/t24-/m0/s1. The molecule has 0 spiro atoms. The molecule has 0 radical (unpaired) electrons. The van der Waals surface area contributed by atoms with Crippen molar-refractivity contribution in [2.24, 2.45) is 0 Å². The summed E-state index contributed by atoms with van der Waals surface area (Å²) in [5.74, 6) is 0. The van der Waals surface area contributed by atoms with E-state index in [9.17, 15) is 5.11 Å². The monoisotopic (exact) mass is 354 g/mol. The summed E-state index contributed by atoms with van der Waals surface area (Å²) in [6, 6.07) is 26.1. The summed E-state index contributed by atoms with van der Waals surface area (Å²) in [5.41, 5.74) is 5.38. The Labute approximate surface area is 159 Å². The Morgan fingerprint density at radius 1 is 0.741 bits per heavy atom. The van der Waals surface area contributed by atoms with Gasteiger partial charge in [-0.3, -0.25) is 0 Å². The molecular weight excluding hydrogens is 332 g/mol. The Hall–Kier alpha value is -3.04. The van der Waals surface area contributed by atoms with Crippen LogP contribution in [-0.2, 0) is 5.60 Å². The summed E-state index contributed by atoms with van der Waals surface area (Å²) >= 11 is 0. The Kier molecular flexibility index (Phi) is 4.46. The van der Waals surface area contributed by atoms with E-state index < -0.39 is 5.60 Å². The quantitative estimate of drug-likeness (QED) is 0.520. The summed E-state index contributed by atoms with van der Waals surface area (Å²) < 4.78 is 0. The predicted octanol–water partition coefficient (Wildman–Crippen LogP) is 5.58. The zero-order chi connectivity index (χ0) is 18.9. The molecule has 0 saturated heterocycles. The zero-order valence-corrected chi connectivity index (χ0v) is 15.6. The van der Waals surface area contributed by atoms with Crippen molar-refractivity contribution in [3.05, 3.63) is 84.4 Å². The van der Waals surface area contributed by atoms with Crippen LogP contribution >= 0.6 is 0 Å². The van der Waals surface area contributed by atoms with Crippen LogP contribution in [0.15, 0.2) is 78.9 Å². The Morgan fingerprint density at radius 2 is 1.26 bits per heavy atom. The van der Waals surface area contributed by atoms with Gasteiger partial charge in [0.1, 0.15) is 0 Å². The van der Waals surface area contributed by atoms with Gasteiger partial charge in [0.2, 0.25) is 0 Å². The highest BCUT2D eigenvalue weighted by Gasteiger charge is 2.21. The highest BCUT2D eigenvalue weighted by Crippen LogP contribution is 2.32. The van der Waals surface area contributed by atoms with Crippen LogP contribution in [0.2, 0.25) is 0 Å². The van der Waals surface area contributed by atoms with E-state index in [0.29, 0.717) is 6.42 Å². The summed E-state index contributed by atoms with van der Waals surface area (Å²) in [6.07, 6.45) is 0.638. The summed E-state index contributed by atoms with van der Waals surface area (Å²) in [7, 11) is 0. The van der Waals surface area contributed by atoms with Crippen molar-refractivity contribution in [3.63, 3.8) is 0 Å². The molecule has 3 heteroatoms. The maximum absolute atomic E-state index is 10.6. The maximum atomic E-state index is 10.6. The molecule has 0 aliphatic heterocycles. The molecule has 0 aliphatic rings. The third kappa shape index (κ3) is 3.34. The molecule has 0 fully saturated rings. The number of rotatable bonds is 4. The lowest BCUT2D eigenvalue weighted by Gasteiger charge is -2.22. The Balaban J connectivity index is 1.98. The molecule has 0 aliphatic carbocycles. The van der Waals surface area contributed by atoms with E-state index in [1.54, 1.807) is 0 Å².